The van der Waals surface area contributed by atoms with Crippen LogP contribution in [-0.2, 0) is 9.53 Å². The number of carbonyl (C=O) groups is 1. The van der Waals surface area contributed by atoms with Gasteiger partial charge in [0.05, 0.1) is 5.92 Å². The number of terminal acetylenes is 1. The molecule has 1 aromatic carbocycles. The first kappa shape index (κ1) is 19.6. The Morgan fingerprint density at radius 1 is 1.32 bits per heavy atom. The van der Waals surface area contributed by atoms with Crippen LogP contribution in [0.25, 0.3) is 5.57 Å². The van der Waals surface area contributed by atoms with Gasteiger partial charge in [0.1, 0.15) is 11.1 Å². The Morgan fingerprint density at radius 3 is 2.48 bits per heavy atom. The summed E-state index contributed by atoms with van der Waals surface area (Å²) >= 11 is 11.5. The Hall–Kier alpha value is -1.69. The van der Waals surface area contributed by atoms with Crippen LogP contribution >= 0.6 is 23.2 Å². The lowest BCUT2D eigenvalue weighted by Gasteiger charge is -2.11. The van der Waals surface area contributed by atoms with Crippen molar-refractivity contribution in [2.45, 2.75) is 27.2 Å². The molecule has 1 saturated carbocycles. The zero-order valence-corrected chi connectivity index (χ0v) is 16.2. The maximum Gasteiger partial charge on any atom is 0.310 e. The number of rotatable bonds is 6. The van der Waals surface area contributed by atoms with Gasteiger partial charge in [-0.05, 0) is 35.0 Å². The number of hydrogen-bond acceptors (Lipinski definition) is 2. The van der Waals surface area contributed by atoms with Gasteiger partial charge >= 0.3 is 5.97 Å². The fourth-order valence-electron chi connectivity index (χ4n) is 3.25. The number of carbonyl (C=O) groups excluding carboxylic acids is 1. The first-order valence-corrected chi connectivity index (χ1v) is 9.02. The monoisotopic (exact) mass is 376 g/mol. The third-order valence-electron chi connectivity index (χ3n) is 4.84. The Bertz CT molecular complexity index is 735. The van der Waals surface area contributed by atoms with E-state index in [1.807, 2.05) is 51.1 Å². The second-order valence-corrected chi connectivity index (χ2v) is 7.72. The van der Waals surface area contributed by atoms with Gasteiger partial charge in [-0.2, -0.15) is 0 Å². The molecule has 1 fully saturated rings. The van der Waals surface area contributed by atoms with Crippen molar-refractivity contribution in [1.82, 2.24) is 0 Å². The molecule has 4 heteroatoms. The van der Waals surface area contributed by atoms with Gasteiger partial charge in [0.2, 0.25) is 0 Å². The topological polar surface area (TPSA) is 26.3 Å². The van der Waals surface area contributed by atoms with E-state index in [1.165, 1.54) is 0 Å². The van der Waals surface area contributed by atoms with Gasteiger partial charge in [-0.3, -0.25) is 4.79 Å². The molecule has 0 saturated heterocycles. The maximum atomic E-state index is 12.5. The molecule has 0 amide bonds. The van der Waals surface area contributed by atoms with Crippen LogP contribution in [0.15, 0.2) is 46.5 Å². The van der Waals surface area contributed by atoms with Gasteiger partial charge in [0.25, 0.3) is 0 Å². The molecule has 2 nitrogen and oxygen atoms in total. The first-order valence-electron chi connectivity index (χ1n) is 8.26. The summed E-state index contributed by atoms with van der Waals surface area (Å²) in [5.41, 5.74) is 2.56. The molecule has 1 aromatic rings. The molecule has 1 aliphatic rings. The van der Waals surface area contributed by atoms with Crippen molar-refractivity contribution in [3.8, 4) is 12.3 Å². The van der Waals surface area contributed by atoms with Gasteiger partial charge in [0, 0.05) is 5.57 Å². The third-order valence-corrected chi connectivity index (χ3v) is 5.10. The normalized spacial score (nSPS) is 21.6. The van der Waals surface area contributed by atoms with E-state index in [2.05, 4.69) is 5.92 Å². The van der Waals surface area contributed by atoms with E-state index in [0.717, 1.165) is 17.6 Å². The fraction of sp³-hybridized carbons (Fsp3) is 0.381. The Kier molecular flexibility index (Phi) is 6.38. The molecule has 0 spiro atoms. The van der Waals surface area contributed by atoms with Crippen molar-refractivity contribution in [2.75, 3.05) is 6.61 Å². The summed E-state index contributed by atoms with van der Waals surface area (Å²) in [6, 6.07) is 9.89. The van der Waals surface area contributed by atoms with Crippen LogP contribution in [0.4, 0.5) is 0 Å². The highest BCUT2D eigenvalue weighted by atomic mass is 35.5. The molecule has 2 atom stereocenters. The zero-order valence-electron chi connectivity index (χ0n) is 14.7. The van der Waals surface area contributed by atoms with E-state index in [9.17, 15) is 4.79 Å². The average molecular weight is 377 g/mol. The average Bonchev–Trinajstić information content (AvgIpc) is 3.11. The van der Waals surface area contributed by atoms with Gasteiger partial charge in [-0.1, -0.05) is 80.2 Å². The van der Waals surface area contributed by atoms with Crippen LogP contribution < -0.4 is 0 Å². The quantitative estimate of drug-likeness (QED) is 0.475. The smallest absolute Gasteiger partial charge is 0.310 e. The number of esters is 1. The lowest BCUT2D eigenvalue weighted by molar-refractivity contribution is -0.145. The van der Waals surface area contributed by atoms with Crippen molar-refractivity contribution in [3.63, 3.8) is 0 Å². The molecular formula is C21H22Cl2O2. The molecule has 25 heavy (non-hydrogen) atoms. The number of allylic oxidation sites excluding steroid dienone is 2. The van der Waals surface area contributed by atoms with Crippen LogP contribution in [0.5, 0.6) is 0 Å². The van der Waals surface area contributed by atoms with Crippen molar-refractivity contribution in [2.24, 2.45) is 17.3 Å². The zero-order chi connectivity index (χ0) is 18.6. The third kappa shape index (κ3) is 4.48. The summed E-state index contributed by atoms with van der Waals surface area (Å²) in [4.78, 5) is 12.5. The first-order chi connectivity index (χ1) is 11.8. The summed E-state index contributed by atoms with van der Waals surface area (Å²) in [6.07, 6.45) is 8.14. The molecule has 0 bridgehead atoms. The van der Waals surface area contributed by atoms with E-state index >= 15 is 0 Å². The van der Waals surface area contributed by atoms with E-state index in [4.69, 9.17) is 34.4 Å². The summed E-state index contributed by atoms with van der Waals surface area (Å²) in [7, 11) is 0. The lowest BCUT2D eigenvalue weighted by Crippen LogP contribution is -2.13. The standard InChI is InChI=1S/C21H22Cl2O2/c1-5-14(16(6-2)15-10-8-7-9-11-15)13-25-20(24)19-17(12-18(22)23)21(19,3)4/h1,7-12,17,19H,6,13H2,2-4H3. The minimum Gasteiger partial charge on any atom is -0.460 e. The van der Waals surface area contributed by atoms with E-state index in [-0.39, 0.29) is 34.3 Å². The highest BCUT2D eigenvalue weighted by Crippen LogP contribution is 2.60. The molecule has 0 aromatic heterocycles. The van der Waals surface area contributed by atoms with Gasteiger partial charge < -0.3 is 4.74 Å². The maximum absolute atomic E-state index is 12.5. The summed E-state index contributed by atoms with van der Waals surface area (Å²) in [6.45, 7) is 6.13. The number of halogens is 2. The Morgan fingerprint density at radius 2 is 1.96 bits per heavy atom. The highest BCUT2D eigenvalue weighted by molar-refractivity contribution is 6.55. The SMILES string of the molecule is C#CC(COC(=O)C1C(C=C(Cl)Cl)C1(C)C)=C(CC)c1ccccc1. The number of ether oxygens (including phenoxy) is 1. The van der Waals surface area contributed by atoms with Crippen LogP contribution in [0.1, 0.15) is 32.8 Å². The predicted octanol–water partition coefficient (Wildman–Crippen LogP) is 5.62. The van der Waals surface area contributed by atoms with Crippen molar-refractivity contribution in [3.05, 3.63) is 52.0 Å². The predicted molar refractivity (Wildman–Crippen MR) is 104 cm³/mol. The molecule has 132 valence electrons. The molecule has 0 N–H and O–H groups in total. The summed E-state index contributed by atoms with van der Waals surface area (Å²) in [5, 5.41) is 0. The Labute approximate surface area is 159 Å². The van der Waals surface area contributed by atoms with E-state index in [1.54, 1.807) is 6.08 Å². The molecular weight excluding hydrogens is 355 g/mol. The van der Waals surface area contributed by atoms with Crippen LogP contribution in [0, 0.1) is 29.6 Å². The minimum absolute atomic E-state index is 0.0111. The number of benzene rings is 1. The van der Waals surface area contributed by atoms with Crippen molar-refractivity contribution >= 4 is 34.7 Å². The minimum atomic E-state index is -0.267. The van der Waals surface area contributed by atoms with Crippen molar-refractivity contribution < 1.29 is 9.53 Å². The second kappa shape index (κ2) is 8.13. The Balaban J connectivity index is 2.11. The van der Waals surface area contributed by atoms with Crippen LogP contribution in [0.2, 0.25) is 0 Å². The van der Waals surface area contributed by atoms with Gasteiger partial charge in [-0.15, -0.1) is 6.42 Å². The van der Waals surface area contributed by atoms with Crippen LogP contribution in [-0.4, -0.2) is 12.6 Å². The van der Waals surface area contributed by atoms with Gasteiger partial charge in [0.15, 0.2) is 0 Å². The lowest BCUT2D eigenvalue weighted by atomic mass is 9.98. The van der Waals surface area contributed by atoms with E-state index in [0.29, 0.717) is 5.57 Å². The largest absolute Gasteiger partial charge is 0.460 e. The molecule has 1 aliphatic carbocycles. The van der Waals surface area contributed by atoms with Gasteiger partial charge in [-0.25, -0.2) is 0 Å². The highest BCUT2D eigenvalue weighted by Gasteiger charge is 2.61. The molecule has 2 rings (SSSR count). The van der Waals surface area contributed by atoms with E-state index < -0.39 is 0 Å². The molecule has 2 unspecified atom stereocenters. The second-order valence-electron chi connectivity index (χ2n) is 6.71. The summed E-state index contributed by atoms with van der Waals surface area (Å²) in [5.74, 6) is 2.15. The number of hydrogen-bond donors (Lipinski definition) is 0. The van der Waals surface area contributed by atoms with Crippen molar-refractivity contribution in [1.29, 1.82) is 0 Å². The molecule has 0 heterocycles. The fourth-order valence-corrected chi connectivity index (χ4v) is 3.53. The summed E-state index contributed by atoms with van der Waals surface area (Å²) < 4.78 is 5.69. The molecule has 0 aliphatic heterocycles. The molecule has 0 radical (unpaired) electrons. The van der Waals surface area contributed by atoms with Crippen LogP contribution in [0.3, 0.4) is 0 Å².